The van der Waals surface area contributed by atoms with Gasteiger partial charge >= 0.3 is 6.16 Å². The molecule has 4 nitrogen and oxygen atoms in total. The van der Waals surface area contributed by atoms with Crippen LogP contribution in [0.1, 0.15) is 52.9 Å². The molecular weight excluding hydrogens is 230 g/mol. The highest BCUT2D eigenvalue weighted by atomic mass is 16.7. The molecule has 1 aliphatic carbocycles. The van der Waals surface area contributed by atoms with Gasteiger partial charge in [-0.15, -0.1) is 0 Å². The lowest BCUT2D eigenvalue weighted by Gasteiger charge is -2.33. The van der Waals surface area contributed by atoms with Gasteiger partial charge in [0.1, 0.15) is 11.7 Å². The van der Waals surface area contributed by atoms with Crippen molar-refractivity contribution in [1.29, 1.82) is 0 Å². The van der Waals surface area contributed by atoms with Gasteiger partial charge < -0.3 is 14.8 Å². The largest absolute Gasteiger partial charge is 0.509 e. The van der Waals surface area contributed by atoms with E-state index in [0.29, 0.717) is 5.41 Å². The second-order valence-electron chi connectivity index (χ2n) is 6.70. The Balaban J connectivity index is 1.80. The molecule has 2 aliphatic rings. The van der Waals surface area contributed by atoms with Gasteiger partial charge in [0.05, 0.1) is 0 Å². The van der Waals surface area contributed by atoms with E-state index in [-0.39, 0.29) is 6.10 Å². The second kappa shape index (κ2) is 5.08. The van der Waals surface area contributed by atoms with Gasteiger partial charge in [-0.3, -0.25) is 0 Å². The molecule has 0 bridgehead atoms. The molecule has 1 heterocycles. The molecule has 0 radical (unpaired) electrons. The van der Waals surface area contributed by atoms with Crippen molar-refractivity contribution in [3.8, 4) is 0 Å². The molecule has 2 fully saturated rings. The van der Waals surface area contributed by atoms with Crippen molar-refractivity contribution in [3.05, 3.63) is 0 Å². The first kappa shape index (κ1) is 13.7. The smallest absolute Gasteiger partial charge is 0.431 e. The third-order valence-electron chi connectivity index (χ3n) is 3.97. The number of hydrogen-bond acceptors (Lipinski definition) is 4. The second-order valence-corrected chi connectivity index (χ2v) is 6.70. The average molecular weight is 255 g/mol. The van der Waals surface area contributed by atoms with E-state index in [2.05, 4.69) is 5.32 Å². The van der Waals surface area contributed by atoms with Crippen LogP contribution in [-0.2, 0) is 9.47 Å². The highest BCUT2D eigenvalue weighted by Crippen LogP contribution is 2.46. The van der Waals surface area contributed by atoms with Crippen LogP contribution in [0.4, 0.5) is 4.79 Å². The lowest BCUT2D eigenvalue weighted by molar-refractivity contribution is -0.0279. The van der Waals surface area contributed by atoms with E-state index in [0.717, 1.165) is 25.9 Å². The van der Waals surface area contributed by atoms with Gasteiger partial charge in [0.15, 0.2) is 0 Å². The molecule has 1 unspecified atom stereocenters. The van der Waals surface area contributed by atoms with Gasteiger partial charge in [0.25, 0.3) is 0 Å². The first-order chi connectivity index (χ1) is 8.39. The summed E-state index contributed by atoms with van der Waals surface area (Å²) in [5.41, 5.74) is -0.0555. The van der Waals surface area contributed by atoms with Crippen LogP contribution in [0, 0.1) is 5.41 Å². The van der Waals surface area contributed by atoms with Crippen LogP contribution >= 0.6 is 0 Å². The maximum Gasteiger partial charge on any atom is 0.509 e. The molecule has 18 heavy (non-hydrogen) atoms. The Hall–Kier alpha value is -0.770. The summed E-state index contributed by atoms with van der Waals surface area (Å²) < 4.78 is 10.6. The van der Waals surface area contributed by atoms with Crippen LogP contribution in [-0.4, -0.2) is 30.9 Å². The molecule has 1 spiro atoms. The van der Waals surface area contributed by atoms with E-state index in [1.807, 2.05) is 20.8 Å². The van der Waals surface area contributed by atoms with Crippen LogP contribution in [0.2, 0.25) is 0 Å². The topological polar surface area (TPSA) is 47.6 Å². The SMILES string of the molecule is CC(C)(C)OC(=O)OC1CCC2(CCNCC2)C1. The molecular formula is C14H25NO3. The van der Waals surface area contributed by atoms with Crippen molar-refractivity contribution in [2.75, 3.05) is 13.1 Å². The molecule has 104 valence electrons. The normalized spacial score (nSPS) is 27.2. The van der Waals surface area contributed by atoms with Crippen molar-refractivity contribution >= 4 is 6.16 Å². The van der Waals surface area contributed by atoms with E-state index in [1.165, 1.54) is 19.3 Å². The van der Waals surface area contributed by atoms with Gasteiger partial charge in [-0.2, -0.15) is 0 Å². The summed E-state index contributed by atoms with van der Waals surface area (Å²) in [6.45, 7) is 7.77. The minimum absolute atomic E-state index is 0.0537. The minimum atomic E-state index is -0.515. The van der Waals surface area contributed by atoms with Gasteiger partial charge in [-0.25, -0.2) is 4.79 Å². The van der Waals surface area contributed by atoms with Crippen LogP contribution < -0.4 is 5.32 Å². The molecule has 1 N–H and O–H groups in total. The molecule has 1 aliphatic heterocycles. The third-order valence-corrected chi connectivity index (χ3v) is 3.97. The molecule has 0 aromatic carbocycles. The van der Waals surface area contributed by atoms with E-state index < -0.39 is 11.8 Å². The van der Waals surface area contributed by atoms with Crippen molar-refractivity contribution < 1.29 is 14.3 Å². The van der Waals surface area contributed by atoms with Crippen molar-refractivity contribution in [2.24, 2.45) is 5.41 Å². The monoisotopic (exact) mass is 255 g/mol. The number of hydrogen-bond donors (Lipinski definition) is 1. The Morgan fingerprint density at radius 1 is 1.22 bits per heavy atom. The van der Waals surface area contributed by atoms with Gasteiger partial charge in [-0.05, 0) is 71.4 Å². The van der Waals surface area contributed by atoms with Crippen molar-refractivity contribution in [3.63, 3.8) is 0 Å². The Labute approximate surface area is 109 Å². The number of piperidine rings is 1. The van der Waals surface area contributed by atoms with Gasteiger partial charge in [-0.1, -0.05) is 0 Å². The lowest BCUT2D eigenvalue weighted by atomic mass is 9.77. The summed E-state index contributed by atoms with van der Waals surface area (Å²) in [6, 6.07) is 0. The summed E-state index contributed by atoms with van der Waals surface area (Å²) in [4.78, 5) is 11.6. The molecule has 2 rings (SSSR count). The molecule has 0 aromatic rings. The standard InChI is InChI=1S/C14H25NO3/c1-13(2,3)18-12(16)17-11-4-5-14(10-11)6-8-15-9-7-14/h11,15H,4-10H2,1-3H3. The van der Waals surface area contributed by atoms with Crippen LogP contribution in [0.3, 0.4) is 0 Å². The fourth-order valence-electron chi connectivity index (χ4n) is 3.08. The number of carbonyl (C=O) groups is 1. The quantitative estimate of drug-likeness (QED) is 0.732. The Morgan fingerprint density at radius 2 is 1.89 bits per heavy atom. The number of carbonyl (C=O) groups excluding carboxylic acids is 1. The van der Waals surface area contributed by atoms with Gasteiger partial charge in [0, 0.05) is 0 Å². The molecule has 1 atom stereocenters. The van der Waals surface area contributed by atoms with Crippen molar-refractivity contribution in [2.45, 2.75) is 64.6 Å². The summed E-state index contributed by atoms with van der Waals surface area (Å²) in [5, 5.41) is 3.39. The molecule has 1 saturated carbocycles. The Kier molecular flexibility index (Phi) is 3.85. The Morgan fingerprint density at radius 3 is 2.50 bits per heavy atom. The molecule has 0 amide bonds. The molecule has 0 aromatic heterocycles. The van der Waals surface area contributed by atoms with E-state index in [1.54, 1.807) is 0 Å². The molecule has 1 saturated heterocycles. The lowest BCUT2D eigenvalue weighted by Crippen LogP contribution is -2.35. The zero-order valence-electron chi connectivity index (χ0n) is 11.8. The number of ether oxygens (including phenoxy) is 2. The van der Waals surface area contributed by atoms with E-state index in [9.17, 15) is 4.79 Å². The number of rotatable bonds is 1. The van der Waals surface area contributed by atoms with Gasteiger partial charge in [0.2, 0.25) is 0 Å². The summed E-state index contributed by atoms with van der Waals surface area (Å²) in [7, 11) is 0. The van der Waals surface area contributed by atoms with E-state index in [4.69, 9.17) is 9.47 Å². The summed E-state index contributed by atoms with van der Waals surface area (Å²) in [6.07, 6.45) is 5.13. The molecule has 4 heteroatoms. The average Bonchev–Trinajstić information content (AvgIpc) is 2.59. The first-order valence-corrected chi connectivity index (χ1v) is 6.99. The fourth-order valence-corrected chi connectivity index (χ4v) is 3.08. The van der Waals surface area contributed by atoms with E-state index >= 15 is 0 Å². The summed E-state index contributed by atoms with van der Waals surface area (Å²) in [5.74, 6) is 0. The van der Waals surface area contributed by atoms with Crippen molar-refractivity contribution in [1.82, 2.24) is 5.32 Å². The van der Waals surface area contributed by atoms with Crippen LogP contribution in [0.25, 0.3) is 0 Å². The fraction of sp³-hybridized carbons (Fsp3) is 0.929. The first-order valence-electron chi connectivity index (χ1n) is 6.99. The highest BCUT2D eigenvalue weighted by molar-refractivity contribution is 5.60. The Bertz CT molecular complexity index is 303. The maximum atomic E-state index is 11.6. The zero-order valence-corrected chi connectivity index (χ0v) is 11.8. The predicted molar refractivity (Wildman–Crippen MR) is 69.5 cm³/mol. The summed E-state index contributed by atoms with van der Waals surface area (Å²) >= 11 is 0. The highest BCUT2D eigenvalue weighted by Gasteiger charge is 2.41. The minimum Gasteiger partial charge on any atom is -0.431 e. The van der Waals surface area contributed by atoms with Crippen LogP contribution in [0.5, 0.6) is 0 Å². The maximum absolute atomic E-state index is 11.6. The van der Waals surface area contributed by atoms with Crippen LogP contribution in [0.15, 0.2) is 0 Å². The predicted octanol–water partition coefficient (Wildman–Crippen LogP) is 2.86. The number of nitrogens with one attached hydrogen (secondary N) is 1. The third kappa shape index (κ3) is 3.61. The zero-order chi connectivity index (χ0) is 13.2.